The molecule has 1 amide bonds. The van der Waals surface area contributed by atoms with E-state index in [0.717, 1.165) is 43.6 Å². The van der Waals surface area contributed by atoms with Crippen molar-refractivity contribution in [2.75, 3.05) is 31.6 Å². The number of hydrogen-bond acceptors (Lipinski definition) is 4. The van der Waals surface area contributed by atoms with Gasteiger partial charge in [0.25, 0.3) is 0 Å². The smallest absolute Gasteiger partial charge is 0.242 e. The highest BCUT2D eigenvalue weighted by Gasteiger charge is 2.20. The predicted molar refractivity (Wildman–Crippen MR) is 73.4 cm³/mol. The molecule has 0 aliphatic carbocycles. The second-order valence-corrected chi connectivity index (χ2v) is 4.97. The minimum Gasteiger partial charge on any atom is -0.350 e. The molecule has 2 rings (SSSR count). The van der Waals surface area contributed by atoms with Gasteiger partial charge in [0.2, 0.25) is 5.91 Å². The van der Waals surface area contributed by atoms with E-state index >= 15 is 0 Å². The molecule has 0 bridgehead atoms. The minimum atomic E-state index is 0.140. The number of aryl methyl sites for hydroxylation is 1. The number of aldehydes is 1. The van der Waals surface area contributed by atoms with Gasteiger partial charge >= 0.3 is 0 Å². The highest BCUT2D eigenvalue weighted by Crippen LogP contribution is 2.16. The molecule has 2 heterocycles. The van der Waals surface area contributed by atoms with Gasteiger partial charge in [-0.2, -0.15) is 0 Å². The topological polar surface area (TPSA) is 53.5 Å². The number of pyridine rings is 1. The Labute approximate surface area is 113 Å². The Hall–Kier alpha value is -1.91. The first-order valence-corrected chi connectivity index (χ1v) is 6.52. The van der Waals surface area contributed by atoms with Crippen molar-refractivity contribution in [3.8, 4) is 0 Å². The van der Waals surface area contributed by atoms with E-state index in [2.05, 4.69) is 4.98 Å². The Morgan fingerprint density at radius 1 is 1.47 bits per heavy atom. The number of nitrogens with zero attached hydrogens (tertiary/aromatic N) is 3. The zero-order valence-corrected chi connectivity index (χ0v) is 11.4. The molecule has 0 saturated carbocycles. The van der Waals surface area contributed by atoms with Crippen molar-refractivity contribution >= 4 is 18.0 Å². The van der Waals surface area contributed by atoms with Gasteiger partial charge in [0.15, 0.2) is 6.29 Å². The predicted octanol–water partition coefficient (Wildman–Crippen LogP) is 1.26. The zero-order valence-electron chi connectivity index (χ0n) is 11.4. The van der Waals surface area contributed by atoms with Crippen LogP contribution in [0.15, 0.2) is 12.3 Å². The molecule has 5 heteroatoms. The van der Waals surface area contributed by atoms with Crippen molar-refractivity contribution in [2.24, 2.45) is 0 Å². The highest BCUT2D eigenvalue weighted by atomic mass is 16.2. The van der Waals surface area contributed by atoms with Crippen LogP contribution in [0.25, 0.3) is 0 Å². The fraction of sp³-hybridized carbons (Fsp3) is 0.500. The molecule has 19 heavy (non-hydrogen) atoms. The first kappa shape index (κ1) is 13.5. The lowest BCUT2D eigenvalue weighted by atomic mass is 10.2. The largest absolute Gasteiger partial charge is 0.350 e. The molecule has 0 unspecified atom stereocenters. The van der Waals surface area contributed by atoms with E-state index in [1.807, 2.05) is 23.8 Å². The lowest BCUT2D eigenvalue weighted by Gasteiger charge is -2.23. The Bertz CT molecular complexity index is 482. The van der Waals surface area contributed by atoms with Gasteiger partial charge in [-0.15, -0.1) is 0 Å². The molecule has 1 aromatic rings. The SMILES string of the molecule is Cc1cc(C=O)cnc1N(C)CC(=O)N1CCCC1. The molecule has 1 aliphatic heterocycles. The molecular weight excluding hydrogens is 242 g/mol. The van der Waals surface area contributed by atoms with E-state index < -0.39 is 0 Å². The molecular formula is C14H19N3O2. The quantitative estimate of drug-likeness (QED) is 0.766. The molecule has 5 nitrogen and oxygen atoms in total. The number of amides is 1. The molecule has 0 spiro atoms. The number of anilines is 1. The van der Waals surface area contributed by atoms with Gasteiger partial charge in [0.05, 0.1) is 6.54 Å². The average Bonchev–Trinajstić information content (AvgIpc) is 2.92. The maximum absolute atomic E-state index is 12.1. The molecule has 1 aliphatic rings. The number of carbonyl (C=O) groups is 2. The van der Waals surface area contributed by atoms with Crippen LogP contribution in [-0.2, 0) is 4.79 Å². The van der Waals surface area contributed by atoms with Crippen molar-refractivity contribution in [3.05, 3.63) is 23.4 Å². The Morgan fingerprint density at radius 3 is 2.74 bits per heavy atom. The molecule has 1 saturated heterocycles. The molecule has 0 aromatic carbocycles. The summed E-state index contributed by atoms with van der Waals surface area (Å²) in [6.45, 7) is 3.95. The zero-order chi connectivity index (χ0) is 13.8. The fourth-order valence-corrected chi connectivity index (χ4v) is 2.40. The molecule has 0 radical (unpaired) electrons. The lowest BCUT2D eigenvalue weighted by Crippen LogP contribution is -2.37. The summed E-state index contributed by atoms with van der Waals surface area (Å²) in [5, 5.41) is 0. The summed E-state index contributed by atoms with van der Waals surface area (Å²) in [4.78, 5) is 30.7. The van der Waals surface area contributed by atoms with Crippen molar-refractivity contribution in [3.63, 3.8) is 0 Å². The Balaban J connectivity index is 2.04. The summed E-state index contributed by atoms with van der Waals surface area (Å²) in [6.07, 6.45) is 4.51. The van der Waals surface area contributed by atoms with Crippen molar-refractivity contribution in [1.29, 1.82) is 0 Å². The van der Waals surface area contributed by atoms with Crippen LogP contribution in [-0.4, -0.2) is 48.8 Å². The van der Waals surface area contributed by atoms with Gasteiger partial charge in [0.1, 0.15) is 5.82 Å². The van der Waals surface area contributed by atoms with Crippen LogP contribution in [0.2, 0.25) is 0 Å². The third-order valence-corrected chi connectivity index (χ3v) is 3.40. The summed E-state index contributed by atoms with van der Waals surface area (Å²) in [7, 11) is 1.85. The first-order valence-electron chi connectivity index (χ1n) is 6.52. The average molecular weight is 261 g/mol. The molecule has 0 atom stereocenters. The third-order valence-electron chi connectivity index (χ3n) is 3.40. The number of rotatable bonds is 4. The monoisotopic (exact) mass is 261 g/mol. The van der Waals surface area contributed by atoms with Gasteiger partial charge in [0, 0.05) is 31.9 Å². The van der Waals surface area contributed by atoms with Gasteiger partial charge < -0.3 is 9.80 Å². The van der Waals surface area contributed by atoms with E-state index in [1.165, 1.54) is 6.20 Å². The normalized spacial score (nSPS) is 14.5. The molecule has 0 N–H and O–H groups in total. The van der Waals surface area contributed by atoms with Crippen LogP contribution in [0.1, 0.15) is 28.8 Å². The van der Waals surface area contributed by atoms with E-state index in [9.17, 15) is 9.59 Å². The molecule has 1 fully saturated rings. The Kier molecular flexibility index (Phi) is 4.14. The van der Waals surface area contributed by atoms with Gasteiger partial charge in [-0.05, 0) is 31.4 Å². The summed E-state index contributed by atoms with van der Waals surface area (Å²) in [5.74, 6) is 0.888. The van der Waals surface area contributed by atoms with Crippen LogP contribution >= 0.6 is 0 Å². The van der Waals surface area contributed by atoms with Gasteiger partial charge in [-0.25, -0.2) is 4.98 Å². The molecule has 1 aromatic heterocycles. The number of hydrogen-bond donors (Lipinski definition) is 0. The summed E-state index contributed by atoms with van der Waals surface area (Å²) in [5.41, 5.74) is 1.46. The van der Waals surface area contributed by atoms with E-state index in [1.54, 1.807) is 6.07 Å². The third kappa shape index (κ3) is 3.10. The first-order chi connectivity index (χ1) is 9.11. The number of likely N-dealkylation sites (N-methyl/N-ethyl adjacent to an activating group) is 1. The van der Waals surface area contributed by atoms with Crippen LogP contribution in [0.3, 0.4) is 0 Å². The van der Waals surface area contributed by atoms with Gasteiger partial charge in [-0.1, -0.05) is 0 Å². The highest BCUT2D eigenvalue weighted by molar-refractivity contribution is 5.82. The fourth-order valence-electron chi connectivity index (χ4n) is 2.40. The standard InChI is InChI=1S/C14H19N3O2/c1-11-7-12(10-18)8-15-14(11)16(2)9-13(19)17-5-3-4-6-17/h7-8,10H,3-6,9H2,1-2H3. The van der Waals surface area contributed by atoms with E-state index in [4.69, 9.17) is 0 Å². The van der Waals surface area contributed by atoms with E-state index in [0.29, 0.717) is 12.1 Å². The van der Waals surface area contributed by atoms with E-state index in [-0.39, 0.29) is 5.91 Å². The maximum atomic E-state index is 12.1. The number of aromatic nitrogens is 1. The van der Waals surface area contributed by atoms with Gasteiger partial charge in [-0.3, -0.25) is 9.59 Å². The van der Waals surface area contributed by atoms with Crippen LogP contribution in [0, 0.1) is 6.92 Å². The second kappa shape index (κ2) is 5.82. The minimum absolute atomic E-state index is 0.140. The number of likely N-dealkylation sites (tertiary alicyclic amines) is 1. The maximum Gasteiger partial charge on any atom is 0.242 e. The summed E-state index contributed by atoms with van der Waals surface area (Å²) in [6, 6.07) is 1.78. The van der Waals surface area contributed by atoms with Crippen molar-refractivity contribution in [1.82, 2.24) is 9.88 Å². The Morgan fingerprint density at radius 2 is 2.16 bits per heavy atom. The van der Waals surface area contributed by atoms with Crippen LogP contribution in [0.5, 0.6) is 0 Å². The number of carbonyl (C=O) groups excluding carboxylic acids is 2. The molecule has 102 valence electrons. The van der Waals surface area contributed by atoms with Crippen molar-refractivity contribution in [2.45, 2.75) is 19.8 Å². The van der Waals surface area contributed by atoms with Crippen LogP contribution < -0.4 is 4.90 Å². The van der Waals surface area contributed by atoms with Crippen molar-refractivity contribution < 1.29 is 9.59 Å². The lowest BCUT2D eigenvalue weighted by molar-refractivity contribution is -0.128. The summed E-state index contributed by atoms with van der Waals surface area (Å²) < 4.78 is 0. The second-order valence-electron chi connectivity index (χ2n) is 4.97. The van der Waals surface area contributed by atoms with Crippen LogP contribution in [0.4, 0.5) is 5.82 Å². The summed E-state index contributed by atoms with van der Waals surface area (Å²) >= 11 is 0.